The van der Waals surface area contributed by atoms with E-state index in [4.69, 9.17) is 4.74 Å². The van der Waals surface area contributed by atoms with Crippen molar-refractivity contribution in [2.24, 2.45) is 0 Å². The van der Waals surface area contributed by atoms with Crippen LogP contribution in [0.4, 0.5) is 0 Å². The van der Waals surface area contributed by atoms with Crippen LogP contribution in [0.1, 0.15) is 32.6 Å². The Labute approximate surface area is 101 Å². The third kappa shape index (κ3) is 2.84. The van der Waals surface area contributed by atoms with Crippen LogP contribution in [-0.4, -0.2) is 48.6 Å². The molecule has 0 aromatic carbocycles. The van der Waals surface area contributed by atoms with Gasteiger partial charge in [-0.25, -0.2) is 0 Å². The largest absolute Gasteiger partial charge is 0.374 e. The van der Waals surface area contributed by atoms with E-state index in [1.54, 1.807) is 7.05 Å². The number of amides is 2. The third-order valence-electron chi connectivity index (χ3n) is 3.56. The van der Waals surface area contributed by atoms with E-state index in [9.17, 15) is 9.59 Å². The molecule has 0 bridgehead atoms. The highest BCUT2D eigenvalue weighted by Crippen LogP contribution is 2.19. The molecule has 3 unspecified atom stereocenters. The summed E-state index contributed by atoms with van der Waals surface area (Å²) < 4.78 is 5.68. The minimum Gasteiger partial charge on any atom is -0.374 e. The molecule has 0 aromatic rings. The predicted octanol–water partition coefficient (Wildman–Crippen LogP) is 0.291. The molecule has 17 heavy (non-hydrogen) atoms. The maximum Gasteiger partial charge on any atom is 0.246 e. The summed E-state index contributed by atoms with van der Waals surface area (Å²) in [7, 11) is 1.55. The van der Waals surface area contributed by atoms with Gasteiger partial charge in [-0.15, -0.1) is 0 Å². The van der Waals surface area contributed by atoms with Gasteiger partial charge >= 0.3 is 0 Å². The zero-order valence-electron chi connectivity index (χ0n) is 10.4. The summed E-state index contributed by atoms with van der Waals surface area (Å²) in [5.74, 6) is -0.203. The predicted molar refractivity (Wildman–Crippen MR) is 62.4 cm³/mol. The van der Waals surface area contributed by atoms with E-state index in [0.717, 1.165) is 12.8 Å². The Kier molecular flexibility index (Phi) is 3.79. The summed E-state index contributed by atoms with van der Waals surface area (Å²) in [6.07, 6.45) is 3.72. The van der Waals surface area contributed by atoms with Crippen LogP contribution < -0.4 is 5.32 Å². The maximum absolute atomic E-state index is 11.8. The zero-order valence-corrected chi connectivity index (χ0v) is 10.4. The van der Waals surface area contributed by atoms with E-state index < -0.39 is 0 Å². The minimum absolute atomic E-state index is 0.0845. The summed E-state index contributed by atoms with van der Waals surface area (Å²) in [6.45, 7) is 2.76. The number of ether oxygens (including phenoxy) is 1. The van der Waals surface area contributed by atoms with Gasteiger partial charge in [-0.1, -0.05) is 0 Å². The number of carbonyl (C=O) groups is 2. The van der Waals surface area contributed by atoms with Crippen molar-refractivity contribution in [1.29, 1.82) is 0 Å². The number of hydrogen-bond donors (Lipinski definition) is 1. The Morgan fingerprint density at radius 2 is 2.12 bits per heavy atom. The summed E-state index contributed by atoms with van der Waals surface area (Å²) in [5, 5.41) is 3.22. The van der Waals surface area contributed by atoms with Crippen LogP contribution >= 0.6 is 0 Å². The first-order valence-corrected chi connectivity index (χ1v) is 6.27. The average Bonchev–Trinajstić information content (AvgIpc) is 2.71. The fourth-order valence-electron chi connectivity index (χ4n) is 2.41. The van der Waals surface area contributed by atoms with Crippen LogP contribution in [0.25, 0.3) is 0 Å². The molecule has 96 valence electrons. The molecule has 2 amide bonds. The molecule has 5 nitrogen and oxygen atoms in total. The molecule has 0 saturated carbocycles. The van der Waals surface area contributed by atoms with Gasteiger partial charge < -0.3 is 10.1 Å². The first kappa shape index (κ1) is 12.5. The van der Waals surface area contributed by atoms with E-state index in [-0.39, 0.29) is 24.0 Å². The van der Waals surface area contributed by atoms with Gasteiger partial charge in [-0.2, -0.15) is 0 Å². The highest BCUT2D eigenvalue weighted by Gasteiger charge is 2.32. The first-order valence-electron chi connectivity index (χ1n) is 6.27. The van der Waals surface area contributed by atoms with Gasteiger partial charge in [0, 0.05) is 20.0 Å². The summed E-state index contributed by atoms with van der Waals surface area (Å²) in [5.41, 5.74) is 0. The number of likely N-dealkylation sites (N-methyl/N-ethyl adjacent to an activating group) is 1. The van der Waals surface area contributed by atoms with E-state index in [1.807, 2.05) is 0 Å². The quantitative estimate of drug-likeness (QED) is 0.720. The number of carbonyl (C=O) groups excluding carboxylic acids is 2. The molecule has 2 saturated heterocycles. The van der Waals surface area contributed by atoms with Crippen molar-refractivity contribution in [2.75, 3.05) is 13.6 Å². The molecule has 2 rings (SSSR count). The molecular formula is C12H20N2O3. The molecule has 1 N–H and O–H groups in total. The summed E-state index contributed by atoms with van der Waals surface area (Å²) in [4.78, 5) is 24.3. The van der Waals surface area contributed by atoms with Gasteiger partial charge in [0.15, 0.2) is 0 Å². The van der Waals surface area contributed by atoms with Crippen molar-refractivity contribution in [1.82, 2.24) is 10.2 Å². The molecule has 2 aliphatic rings. The van der Waals surface area contributed by atoms with Crippen LogP contribution in [0.3, 0.4) is 0 Å². The second kappa shape index (κ2) is 5.14. The molecule has 5 heteroatoms. The standard InChI is InChI=1S/C12H20N2O3/c1-8-3-4-9(17-8)7-13-10-5-6-11(15)14(2)12(10)16/h8-10,13H,3-7H2,1-2H3. The van der Waals surface area contributed by atoms with E-state index >= 15 is 0 Å². The molecule has 0 aliphatic carbocycles. The van der Waals surface area contributed by atoms with Gasteiger partial charge in [-0.05, 0) is 26.2 Å². The highest BCUT2D eigenvalue weighted by atomic mass is 16.5. The Bertz CT molecular complexity index is 319. The van der Waals surface area contributed by atoms with Crippen LogP contribution in [0.5, 0.6) is 0 Å². The lowest BCUT2D eigenvalue weighted by Gasteiger charge is -2.29. The molecular weight excluding hydrogens is 220 g/mol. The molecule has 0 spiro atoms. The SMILES string of the molecule is CC1CCC(CNC2CCC(=O)N(C)C2=O)O1. The second-order valence-corrected chi connectivity index (χ2v) is 4.94. The van der Waals surface area contributed by atoms with Crippen molar-refractivity contribution in [3.8, 4) is 0 Å². The highest BCUT2D eigenvalue weighted by molar-refractivity contribution is 6.00. The van der Waals surface area contributed by atoms with E-state index in [0.29, 0.717) is 25.5 Å². The van der Waals surface area contributed by atoms with Crippen molar-refractivity contribution in [3.05, 3.63) is 0 Å². The molecule has 0 aromatic heterocycles. The maximum atomic E-state index is 11.8. The second-order valence-electron chi connectivity index (χ2n) is 4.94. The minimum atomic E-state index is -0.225. The smallest absolute Gasteiger partial charge is 0.246 e. The Morgan fingerprint density at radius 3 is 2.76 bits per heavy atom. The van der Waals surface area contributed by atoms with E-state index in [2.05, 4.69) is 12.2 Å². The van der Waals surface area contributed by atoms with Gasteiger partial charge in [0.05, 0.1) is 18.2 Å². The Balaban J connectivity index is 1.79. The lowest BCUT2D eigenvalue weighted by molar-refractivity contribution is -0.148. The number of rotatable bonds is 3. The Morgan fingerprint density at radius 1 is 1.35 bits per heavy atom. The van der Waals surface area contributed by atoms with Crippen LogP contribution in [0.2, 0.25) is 0 Å². The number of imide groups is 1. The third-order valence-corrected chi connectivity index (χ3v) is 3.56. The van der Waals surface area contributed by atoms with Gasteiger partial charge in [-0.3, -0.25) is 14.5 Å². The first-order chi connectivity index (χ1) is 8.08. The molecule has 3 atom stereocenters. The number of piperidine rings is 1. The number of nitrogens with zero attached hydrogens (tertiary/aromatic N) is 1. The topological polar surface area (TPSA) is 58.6 Å². The normalized spacial score (nSPS) is 34.5. The van der Waals surface area contributed by atoms with Crippen molar-refractivity contribution in [3.63, 3.8) is 0 Å². The molecule has 2 aliphatic heterocycles. The lowest BCUT2D eigenvalue weighted by Crippen LogP contribution is -2.52. The van der Waals surface area contributed by atoms with Crippen LogP contribution in [0, 0.1) is 0 Å². The Hall–Kier alpha value is -0.940. The fraction of sp³-hybridized carbons (Fsp3) is 0.833. The van der Waals surface area contributed by atoms with Crippen LogP contribution in [-0.2, 0) is 14.3 Å². The number of hydrogen-bond acceptors (Lipinski definition) is 4. The summed E-state index contributed by atoms with van der Waals surface area (Å²) >= 11 is 0. The molecule has 2 fully saturated rings. The molecule has 0 radical (unpaired) electrons. The zero-order chi connectivity index (χ0) is 12.4. The van der Waals surface area contributed by atoms with Crippen LogP contribution in [0.15, 0.2) is 0 Å². The fourth-order valence-corrected chi connectivity index (χ4v) is 2.41. The van der Waals surface area contributed by atoms with Gasteiger partial charge in [0.2, 0.25) is 11.8 Å². The number of likely N-dealkylation sites (tertiary alicyclic amines) is 1. The van der Waals surface area contributed by atoms with E-state index in [1.165, 1.54) is 4.90 Å². The monoisotopic (exact) mass is 240 g/mol. The van der Waals surface area contributed by atoms with Gasteiger partial charge in [0.1, 0.15) is 0 Å². The van der Waals surface area contributed by atoms with Crippen molar-refractivity contribution >= 4 is 11.8 Å². The van der Waals surface area contributed by atoms with Crippen molar-refractivity contribution in [2.45, 2.75) is 50.9 Å². The van der Waals surface area contributed by atoms with Gasteiger partial charge in [0.25, 0.3) is 0 Å². The lowest BCUT2D eigenvalue weighted by atomic mass is 10.0. The summed E-state index contributed by atoms with van der Waals surface area (Å²) in [6, 6.07) is -0.225. The van der Waals surface area contributed by atoms with Crippen molar-refractivity contribution < 1.29 is 14.3 Å². The molecule has 2 heterocycles. The number of nitrogens with one attached hydrogen (secondary N) is 1. The average molecular weight is 240 g/mol.